The van der Waals surface area contributed by atoms with Gasteiger partial charge in [-0.3, -0.25) is 19.7 Å². The van der Waals surface area contributed by atoms with E-state index < -0.39 is 40.9 Å². The second-order valence-electron chi connectivity index (χ2n) is 7.17. The molecule has 2 aromatic rings. The third-order valence-corrected chi connectivity index (χ3v) is 5.21. The van der Waals surface area contributed by atoms with Crippen molar-refractivity contribution in [2.45, 2.75) is 25.3 Å². The highest BCUT2D eigenvalue weighted by Crippen LogP contribution is 2.36. The molecule has 0 radical (unpaired) electrons. The summed E-state index contributed by atoms with van der Waals surface area (Å²) in [5, 5.41) is 21.0. The monoisotopic (exact) mass is 442 g/mol. The third-order valence-electron chi connectivity index (χ3n) is 5.21. The third kappa shape index (κ3) is 4.75. The quantitative estimate of drug-likeness (QED) is 0.299. The number of nitro benzene ring substituents is 1. The number of ether oxygens (including phenoxy) is 2. The van der Waals surface area contributed by atoms with Crippen molar-refractivity contribution >= 4 is 23.3 Å². The average molecular weight is 442 g/mol. The van der Waals surface area contributed by atoms with Crippen molar-refractivity contribution in [3.63, 3.8) is 0 Å². The van der Waals surface area contributed by atoms with Gasteiger partial charge in [-0.25, -0.2) is 4.79 Å². The first-order valence-corrected chi connectivity index (χ1v) is 9.95. The van der Waals surface area contributed by atoms with Gasteiger partial charge in [0.1, 0.15) is 12.2 Å². The number of likely N-dealkylation sites (tertiary alicyclic amines) is 1. The van der Waals surface area contributed by atoms with Crippen LogP contribution in [0.5, 0.6) is 11.5 Å². The van der Waals surface area contributed by atoms with E-state index in [-0.39, 0.29) is 29.2 Å². The molecular formula is C22H22N2O8. The molecule has 3 rings (SSSR count). The van der Waals surface area contributed by atoms with E-state index in [0.29, 0.717) is 19.3 Å². The summed E-state index contributed by atoms with van der Waals surface area (Å²) in [6, 6.07) is 9.27. The normalized spacial score (nSPS) is 15.7. The Balaban J connectivity index is 1.99. The summed E-state index contributed by atoms with van der Waals surface area (Å²) in [4.78, 5) is 49.9. The molecule has 10 heteroatoms. The van der Waals surface area contributed by atoms with E-state index in [9.17, 15) is 29.6 Å². The minimum atomic E-state index is -0.859. The first kappa shape index (κ1) is 22.9. The second-order valence-corrected chi connectivity index (χ2v) is 7.17. The molecule has 1 saturated heterocycles. The number of Topliss-reactive ketones (excluding diaryl/α,β-unsaturated/α-hetero) is 1. The minimum absolute atomic E-state index is 0.0507. The lowest BCUT2D eigenvalue weighted by Crippen LogP contribution is -2.49. The summed E-state index contributed by atoms with van der Waals surface area (Å²) < 4.78 is 10.5. The van der Waals surface area contributed by atoms with Crippen LogP contribution < -0.4 is 9.47 Å². The molecule has 1 atom stereocenters. The van der Waals surface area contributed by atoms with Gasteiger partial charge in [0.15, 0.2) is 17.3 Å². The number of esters is 1. The Kier molecular flexibility index (Phi) is 7.16. The Hall–Kier alpha value is -3.79. The van der Waals surface area contributed by atoms with E-state index in [0.717, 1.165) is 12.1 Å². The van der Waals surface area contributed by atoms with Crippen molar-refractivity contribution in [1.29, 1.82) is 0 Å². The molecule has 0 aromatic heterocycles. The summed E-state index contributed by atoms with van der Waals surface area (Å²) in [6.45, 7) is -0.506. The SMILES string of the molecule is COc1cc(C(=O)N2CCCC[C@@H]2C(=O)CO)c([N+](=O)[O-])cc1OC(=O)c1ccccc1. The fraction of sp³-hybridized carbons (Fsp3) is 0.318. The molecule has 10 nitrogen and oxygen atoms in total. The van der Waals surface area contributed by atoms with E-state index in [1.54, 1.807) is 18.2 Å². The zero-order valence-electron chi connectivity index (χ0n) is 17.4. The molecule has 0 saturated carbocycles. The number of carbonyl (C=O) groups is 3. The molecular weight excluding hydrogens is 420 g/mol. The largest absolute Gasteiger partial charge is 0.493 e. The highest BCUT2D eigenvalue weighted by molar-refractivity contribution is 6.02. The molecule has 0 unspecified atom stereocenters. The number of ketones is 1. The Morgan fingerprint density at radius 1 is 1.16 bits per heavy atom. The Bertz CT molecular complexity index is 1040. The van der Waals surface area contributed by atoms with Crippen molar-refractivity contribution in [1.82, 2.24) is 4.90 Å². The first-order chi connectivity index (χ1) is 15.4. The van der Waals surface area contributed by atoms with Gasteiger partial charge in [0.25, 0.3) is 11.6 Å². The molecule has 1 fully saturated rings. The lowest BCUT2D eigenvalue weighted by molar-refractivity contribution is -0.385. The van der Waals surface area contributed by atoms with E-state index in [2.05, 4.69) is 0 Å². The number of rotatable bonds is 7. The number of methoxy groups -OCH3 is 1. The Morgan fingerprint density at radius 3 is 2.50 bits per heavy atom. The maximum atomic E-state index is 13.2. The molecule has 1 amide bonds. The molecule has 2 aromatic carbocycles. The number of hydrogen-bond donors (Lipinski definition) is 1. The molecule has 1 aliphatic rings. The van der Waals surface area contributed by atoms with Crippen LogP contribution in [0.25, 0.3) is 0 Å². The number of nitro groups is 1. The van der Waals surface area contributed by atoms with Gasteiger partial charge in [0.05, 0.1) is 29.7 Å². The van der Waals surface area contributed by atoms with E-state index in [1.165, 1.54) is 24.1 Å². The second kappa shape index (κ2) is 10.0. The summed E-state index contributed by atoms with van der Waals surface area (Å²) in [5.41, 5.74) is -0.660. The van der Waals surface area contributed by atoms with Crippen LogP contribution in [-0.2, 0) is 4.79 Å². The van der Waals surface area contributed by atoms with Crippen LogP contribution in [0.2, 0.25) is 0 Å². The van der Waals surface area contributed by atoms with Gasteiger partial charge in [-0.15, -0.1) is 0 Å². The van der Waals surface area contributed by atoms with Crippen LogP contribution in [0.4, 0.5) is 5.69 Å². The van der Waals surface area contributed by atoms with Crippen LogP contribution in [-0.4, -0.2) is 58.9 Å². The maximum Gasteiger partial charge on any atom is 0.343 e. The number of nitrogens with zero attached hydrogens (tertiary/aromatic N) is 2. The number of aliphatic hydroxyl groups excluding tert-OH is 1. The molecule has 32 heavy (non-hydrogen) atoms. The maximum absolute atomic E-state index is 13.2. The summed E-state index contributed by atoms with van der Waals surface area (Å²) in [6.07, 6.45) is 1.68. The molecule has 1 N–H and O–H groups in total. The van der Waals surface area contributed by atoms with Gasteiger partial charge in [-0.1, -0.05) is 18.2 Å². The van der Waals surface area contributed by atoms with Crippen molar-refractivity contribution in [3.05, 3.63) is 63.7 Å². The zero-order chi connectivity index (χ0) is 23.3. The number of aliphatic hydroxyl groups is 1. The fourth-order valence-corrected chi connectivity index (χ4v) is 3.61. The number of amides is 1. The van der Waals surface area contributed by atoms with Crippen molar-refractivity contribution in [2.24, 2.45) is 0 Å². The first-order valence-electron chi connectivity index (χ1n) is 9.95. The van der Waals surface area contributed by atoms with Gasteiger partial charge in [-0.2, -0.15) is 0 Å². The highest BCUT2D eigenvalue weighted by atomic mass is 16.6. The number of carbonyl (C=O) groups excluding carboxylic acids is 3. The van der Waals surface area contributed by atoms with E-state index in [4.69, 9.17) is 9.47 Å². The summed E-state index contributed by atoms with van der Waals surface area (Å²) in [7, 11) is 1.27. The van der Waals surface area contributed by atoms with E-state index in [1.807, 2.05) is 0 Å². The zero-order valence-corrected chi connectivity index (χ0v) is 17.4. The summed E-state index contributed by atoms with van der Waals surface area (Å²) in [5.74, 6) is -2.28. The smallest absolute Gasteiger partial charge is 0.343 e. The van der Waals surface area contributed by atoms with Gasteiger partial charge < -0.3 is 19.5 Å². The molecule has 0 bridgehead atoms. The molecule has 1 aliphatic heterocycles. The van der Waals surface area contributed by atoms with Crippen LogP contribution in [0.15, 0.2) is 42.5 Å². The highest BCUT2D eigenvalue weighted by Gasteiger charge is 2.36. The van der Waals surface area contributed by atoms with Crippen LogP contribution >= 0.6 is 0 Å². The van der Waals surface area contributed by atoms with Crippen LogP contribution in [0, 0.1) is 10.1 Å². The number of piperidine rings is 1. The molecule has 0 spiro atoms. The Morgan fingerprint density at radius 2 is 1.88 bits per heavy atom. The predicted molar refractivity (Wildman–Crippen MR) is 112 cm³/mol. The van der Waals surface area contributed by atoms with Gasteiger partial charge >= 0.3 is 5.97 Å². The standard InChI is InChI=1S/C22H22N2O8/c1-31-19-11-15(21(27)23-10-6-5-9-16(23)18(26)13-25)17(24(29)30)12-20(19)32-22(28)14-7-3-2-4-8-14/h2-4,7-8,11-12,16,25H,5-6,9-10,13H2,1H3/t16-/m1/s1. The molecule has 1 heterocycles. The number of hydrogen-bond acceptors (Lipinski definition) is 8. The molecule has 168 valence electrons. The minimum Gasteiger partial charge on any atom is -0.493 e. The summed E-state index contributed by atoms with van der Waals surface area (Å²) >= 11 is 0. The predicted octanol–water partition coefficient (Wildman–Crippen LogP) is 2.38. The van der Waals surface area contributed by atoms with Crippen molar-refractivity contribution in [3.8, 4) is 11.5 Å². The topological polar surface area (TPSA) is 136 Å². The van der Waals surface area contributed by atoms with Crippen LogP contribution in [0.1, 0.15) is 40.0 Å². The van der Waals surface area contributed by atoms with Gasteiger partial charge in [0, 0.05) is 12.6 Å². The van der Waals surface area contributed by atoms with Gasteiger partial charge in [-0.05, 0) is 31.4 Å². The van der Waals surface area contributed by atoms with Gasteiger partial charge in [0.2, 0.25) is 0 Å². The fourth-order valence-electron chi connectivity index (χ4n) is 3.61. The van der Waals surface area contributed by atoms with E-state index >= 15 is 0 Å². The Labute approximate surface area is 183 Å². The average Bonchev–Trinajstić information content (AvgIpc) is 2.83. The van der Waals surface area contributed by atoms with Crippen molar-refractivity contribution < 1.29 is 33.9 Å². The molecule has 0 aliphatic carbocycles. The van der Waals surface area contributed by atoms with Crippen molar-refractivity contribution in [2.75, 3.05) is 20.3 Å². The number of benzene rings is 2. The lowest BCUT2D eigenvalue weighted by atomic mass is 9.97. The lowest BCUT2D eigenvalue weighted by Gasteiger charge is -2.34. The van der Waals surface area contributed by atoms with Crippen LogP contribution in [0.3, 0.4) is 0 Å².